The largest absolute Gasteiger partial charge is 0.530 e. The van der Waals surface area contributed by atoms with Crippen molar-refractivity contribution in [3.05, 3.63) is 12.2 Å². The normalized spacial score (nSPS) is 12.6. The zero-order valence-electron chi connectivity index (χ0n) is 14.0. The molecule has 118 valence electrons. The van der Waals surface area contributed by atoms with Gasteiger partial charge in [-0.3, -0.25) is 0 Å². The van der Waals surface area contributed by atoms with Gasteiger partial charge in [0.25, 0.3) is 0 Å². The molecule has 4 nitrogen and oxygen atoms in total. The third-order valence-corrected chi connectivity index (χ3v) is 9.83. The Morgan fingerprint density at radius 1 is 1.05 bits per heavy atom. The highest BCUT2D eigenvalue weighted by Crippen LogP contribution is 2.15. The Morgan fingerprint density at radius 3 is 1.85 bits per heavy atom. The summed E-state index contributed by atoms with van der Waals surface area (Å²) in [4.78, 5) is 12.0. The van der Waals surface area contributed by atoms with Crippen LogP contribution in [0.1, 0.15) is 26.2 Å². The molecule has 0 heterocycles. The van der Waals surface area contributed by atoms with Crippen molar-refractivity contribution in [2.75, 3.05) is 0 Å². The van der Waals surface area contributed by atoms with Crippen molar-refractivity contribution in [2.24, 2.45) is 0 Å². The molecule has 0 atom stereocenters. The van der Waals surface area contributed by atoms with Crippen molar-refractivity contribution in [3.63, 3.8) is 0 Å². The van der Waals surface area contributed by atoms with E-state index in [1.807, 2.05) is 0 Å². The maximum Gasteiger partial charge on any atom is 0.530 e. The second-order valence-electron chi connectivity index (χ2n) is 6.86. The Balaban J connectivity index is 4.63. The van der Waals surface area contributed by atoms with E-state index in [0.717, 1.165) is 12.8 Å². The summed E-state index contributed by atoms with van der Waals surface area (Å²) in [6.45, 7) is 18.3. The minimum absolute atomic E-state index is 0.355. The van der Waals surface area contributed by atoms with Crippen LogP contribution in [0.15, 0.2) is 12.2 Å². The van der Waals surface area contributed by atoms with E-state index in [4.69, 9.17) is 12.7 Å². The lowest BCUT2D eigenvalue weighted by molar-refractivity contribution is -0.132. The fourth-order valence-corrected chi connectivity index (χ4v) is 7.28. The first-order chi connectivity index (χ1) is 8.94. The third kappa shape index (κ3) is 10.6. The number of carbonyl (C=O) groups is 1. The van der Waals surface area contributed by atoms with Gasteiger partial charge >= 0.3 is 15.5 Å². The van der Waals surface area contributed by atoms with Crippen molar-refractivity contribution >= 4 is 32.1 Å². The fraction of sp³-hybridized carbons (Fsp3) is 0.769. The SMILES string of the molecule is C=C(CCCC)C(=O)O[SiH](O[Si](C)(C)C)O[Si](C)(C)C. The van der Waals surface area contributed by atoms with Crippen LogP contribution in [0, 0.1) is 0 Å². The highest BCUT2D eigenvalue weighted by molar-refractivity contribution is 6.79. The van der Waals surface area contributed by atoms with Gasteiger partial charge < -0.3 is 12.7 Å². The molecule has 0 aromatic carbocycles. The zero-order chi connectivity index (χ0) is 16.0. The molecule has 0 aliphatic heterocycles. The third-order valence-electron chi connectivity index (χ3n) is 2.22. The standard InChI is InChI=1S/C13H30O4Si3/c1-9-10-11-12(2)13(14)15-18(16-19(3,4)5)17-20(6,7)8/h18H,2,9-11H2,1,3-8H3. The van der Waals surface area contributed by atoms with Crippen molar-refractivity contribution in [3.8, 4) is 0 Å². The summed E-state index contributed by atoms with van der Waals surface area (Å²) < 4.78 is 17.4. The first-order valence-electron chi connectivity index (χ1n) is 7.19. The molecule has 0 saturated carbocycles. The van der Waals surface area contributed by atoms with Crippen molar-refractivity contribution in [2.45, 2.75) is 65.5 Å². The maximum absolute atomic E-state index is 12.0. The highest BCUT2D eigenvalue weighted by atomic mass is 28.5. The van der Waals surface area contributed by atoms with E-state index >= 15 is 0 Å². The number of rotatable bonds is 9. The highest BCUT2D eigenvalue weighted by Gasteiger charge is 2.33. The molecule has 20 heavy (non-hydrogen) atoms. The lowest BCUT2D eigenvalue weighted by Crippen LogP contribution is -2.46. The van der Waals surface area contributed by atoms with E-state index in [9.17, 15) is 4.79 Å². The molecule has 0 saturated heterocycles. The molecule has 0 radical (unpaired) electrons. The van der Waals surface area contributed by atoms with Crippen LogP contribution < -0.4 is 0 Å². The smallest absolute Gasteiger partial charge is 0.473 e. The minimum Gasteiger partial charge on any atom is -0.473 e. The molecule has 0 bridgehead atoms. The average Bonchev–Trinajstić information content (AvgIpc) is 2.20. The molecule has 0 spiro atoms. The van der Waals surface area contributed by atoms with Crippen molar-refractivity contribution in [1.29, 1.82) is 0 Å². The van der Waals surface area contributed by atoms with E-state index in [2.05, 4.69) is 52.8 Å². The van der Waals surface area contributed by atoms with Crippen LogP contribution in [-0.2, 0) is 17.5 Å². The lowest BCUT2D eigenvalue weighted by atomic mass is 10.1. The fourth-order valence-electron chi connectivity index (χ4n) is 1.31. The van der Waals surface area contributed by atoms with Crippen LogP contribution in [0.2, 0.25) is 39.3 Å². The minimum atomic E-state index is -2.42. The van der Waals surface area contributed by atoms with Gasteiger partial charge in [0.2, 0.25) is 0 Å². The summed E-state index contributed by atoms with van der Waals surface area (Å²) in [6, 6.07) is 0. The van der Waals surface area contributed by atoms with E-state index in [0.29, 0.717) is 12.0 Å². The molecule has 0 aliphatic carbocycles. The van der Waals surface area contributed by atoms with Gasteiger partial charge in [-0.2, -0.15) is 0 Å². The summed E-state index contributed by atoms with van der Waals surface area (Å²) in [5, 5.41) is 0. The molecule has 0 aromatic heterocycles. The molecule has 0 unspecified atom stereocenters. The van der Waals surface area contributed by atoms with E-state index in [1.165, 1.54) is 0 Å². The molecular weight excluding hydrogens is 304 g/mol. The summed E-state index contributed by atoms with van der Waals surface area (Å²) >= 11 is 0. The Morgan fingerprint density at radius 2 is 1.50 bits per heavy atom. The Hall–Kier alpha value is -0.219. The zero-order valence-corrected chi connectivity index (χ0v) is 17.2. The molecule has 0 aromatic rings. The Bertz CT molecular complexity index is 315. The second-order valence-corrected chi connectivity index (χ2v) is 18.0. The topological polar surface area (TPSA) is 44.8 Å². The van der Waals surface area contributed by atoms with Gasteiger partial charge in [0.15, 0.2) is 16.6 Å². The van der Waals surface area contributed by atoms with Gasteiger partial charge in [-0.1, -0.05) is 19.9 Å². The number of carbonyl (C=O) groups excluding carboxylic acids is 1. The number of hydrogen-bond acceptors (Lipinski definition) is 4. The molecule has 0 aliphatic rings. The van der Waals surface area contributed by atoms with Crippen LogP contribution in [-0.4, -0.2) is 32.1 Å². The molecular formula is C13H30O4Si3. The monoisotopic (exact) mass is 334 g/mol. The van der Waals surface area contributed by atoms with Crippen LogP contribution in [0.3, 0.4) is 0 Å². The predicted molar refractivity (Wildman–Crippen MR) is 90.8 cm³/mol. The van der Waals surface area contributed by atoms with Gasteiger partial charge in [-0.05, 0) is 52.1 Å². The molecule has 7 heteroatoms. The van der Waals surface area contributed by atoms with Crippen LogP contribution >= 0.6 is 0 Å². The van der Waals surface area contributed by atoms with Gasteiger partial charge in [-0.25, -0.2) is 4.79 Å². The van der Waals surface area contributed by atoms with Crippen LogP contribution in [0.4, 0.5) is 0 Å². The van der Waals surface area contributed by atoms with E-state index < -0.39 is 26.2 Å². The van der Waals surface area contributed by atoms with Crippen molar-refractivity contribution < 1.29 is 17.5 Å². The van der Waals surface area contributed by atoms with E-state index in [-0.39, 0.29) is 5.97 Å². The predicted octanol–water partition coefficient (Wildman–Crippen LogP) is 3.70. The van der Waals surface area contributed by atoms with Crippen LogP contribution in [0.25, 0.3) is 0 Å². The summed E-state index contributed by atoms with van der Waals surface area (Å²) in [5.74, 6) is -0.355. The molecule has 0 rings (SSSR count). The maximum atomic E-state index is 12.0. The molecule has 0 N–H and O–H groups in total. The quantitative estimate of drug-likeness (QED) is 0.476. The summed E-state index contributed by atoms with van der Waals surface area (Å²) in [6.07, 6.45) is 2.66. The van der Waals surface area contributed by atoms with Gasteiger partial charge in [0.05, 0.1) is 0 Å². The van der Waals surface area contributed by atoms with Crippen LogP contribution in [0.5, 0.6) is 0 Å². The van der Waals surface area contributed by atoms with Gasteiger partial charge in [0.1, 0.15) is 0 Å². The number of unbranched alkanes of at least 4 members (excludes halogenated alkanes) is 1. The van der Waals surface area contributed by atoms with Crippen molar-refractivity contribution in [1.82, 2.24) is 0 Å². The average molecular weight is 335 g/mol. The van der Waals surface area contributed by atoms with Gasteiger partial charge in [-0.15, -0.1) is 0 Å². The molecule has 0 fully saturated rings. The first kappa shape index (κ1) is 19.8. The number of hydrogen-bond donors (Lipinski definition) is 0. The molecule has 0 amide bonds. The lowest BCUT2D eigenvalue weighted by Gasteiger charge is -2.29. The van der Waals surface area contributed by atoms with Gasteiger partial charge in [0, 0.05) is 5.57 Å². The first-order valence-corrected chi connectivity index (χ1v) is 15.4. The Kier molecular flexibility index (Phi) is 8.19. The summed E-state index contributed by atoms with van der Waals surface area (Å²) in [5.41, 5.74) is 0.516. The van der Waals surface area contributed by atoms with E-state index in [1.54, 1.807) is 0 Å². The summed E-state index contributed by atoms with van der Waals surface area (Å²) in [7, 11) is -6.01. The Labute approximate surface area is 127 Å². The second kappa shape index (κ2) is 8.28.